The molecule has 148 valence electrons. The summed E-state index contributed by atoms with van der Waals surface area (Å²) in [6.45, 7) is 5.27. The van der Waals surface area contributed by atoms with Crippen molar-refractivity contribution in [3.63, 3.8) is 0 Å². The molecule has 29 heavy (non-hydrogen) atoms. The lowest BCUT2D eigenvalue weighted by Crippen LogP contribution is -2.25. The quantitative estimate of drug-likeness (QED) is 0.550. The van der Waals surface area contributed by atoms with Crippen molar-refractivity contribution in [1.82, 2.24) is 20.1 Å². The molecule has 0 saturated heterocycles. The topological polar surface area (TPSA) is 110 Å². The number of hydrogen-bond acceptors (Lipinski definition) is 5. The van der Waals surface area contributed by atoms with Gasteiger partial charge in [-0.1, -0.05) is 6.07 Å². The second-order valence-corrected chi connectivity index (χ2v) is 7.19. The van der Waals surface area contributed by atoms with Crippen LogP contribution in [-0.4, -0.2) is 26.0 Å². The molecule has 0 radical (unpaired) electrons. The van der Waals surface area contributed by atoms with E-state index < -0.39 is 12.1 Å². The van der Waals surface area contributed by atoms with Gasteiger partial charge in [-0.2, -0.15) is 5.10 Å². The van der Waals surface area contributed by atoms with Gasteiger partial charge >= 0.3 is 6.09 Å². The van der Waals surface area contributed by atoms with E-state index in [-0.39, 0.29) is 5.43 Å². The van der Waals surface area contributed by atoms with Gasteiger partial charge in [0, 0.05) is 18.2 Å². The zero-order valence-electron chi connectivity index (χ0n) is 16.5. The van der Waals surface area contributed by atoms with Crippen LogP contribution in [0.2, 0.25) is 0 Å². The number of pyridine rings is 1. The molecule has 3 heterocycles. The molecule has 0 aliphatic carbocycles. The van der Waals surface area contributed by atoms with Crippen LogP contribution in [0.25, 0.3) is 33.5 Å². The molecule has 0 aliphatic heterocycles. The van der Waals surface area contributed by atoms with E-state index in [0.717, 1.165) is 11.1 Å². The maximum Gasteiger partial charge on any atom is 0.405 e. The van der Waals surface area contributed by atoms with Crippen LogP contribution in [0.5, 0.6) is 0 Å². The van der Waals surface area contributed by atoms with Crippen LogP contribution >= 0.6 is 0 Å². The van der Waals surface area contributed by atoms with Crippen molar-refractivity contribution in [2.45, 2.75) is 26.8 Å². The number of carboxylic acid groups (broad SMARTS) is 1. The SMILES string of the molecule is Cc1cc([C@@H](C)NC(=O)O)c2oc(-c3ccc4nn(C)cc4n3)c(C)c(=O)c2c1. The molecule has 4 rings (SSSR count). The highest BCUT2D eigenvalue weighted by Gasteiger charge is 2.20. The smallest absolute Gasteiger partial charge is 0.405 e. The molecule has 0 saturated carbocycles. The number of hydrogen-bond donors (Lipinski definition) is 2. The largest absolute Gasteiger partial charge is 0.465 e. The zero-order valence-corrected chi connectivity index (χ0v) is 16.5. The lowest BCUT2D eigenvalue weighted by molar-refractivity contribution is 0.191. The normalized spacial score (nSPS) is 12.4. The molecular formula is C21H20N4O4. The Hall–Kier alpha value is -3.68. The molecule has 1 atom stereocenters. The number of aromatic nitrogens is 3. The molecule has 8 nitrogen and oxygen atoms in total. The first kappa shape index (κ1) is 18.7. The Morgan fingerprint density at radius 3 is 2.72 bits per heavy atom. The molecule has 0 unspecified atom stereocenters. The van der Waals surface area contributed by atoms with Crippen LogP contribution in [0.1, 0.15) is 29.7 Å². The molecular weight excluding hydrogens is 372 g/mol. The fourth-order valence-electron chi connectivity index (χ4n) is 3.55. The molecule has 0 bridgehead atoms. The van der Waals surface area contributed by atoms with Crippen molar-refractivity contribution in [1.29, 1.82) is 0 Å². The summed E-state index contributed by atoms with van der Waals surface area (Å²) in [5.41, 5.74) is 4.04. The minimum absolute atomic E-state index is 0.165. The molecule has 1 amide bonds. The van der Waals surface area contributed by atoms with Gasteiger partial charge in [-0.3, -0.25) is 9.48 Å². The molecule has 3 aromatic heterocycles. The van der Waals surface area contributed by atoms with Crippen molar-refractivity contribution in [2.24, 2.45) is 7.05 Å². The third-order valence-electron chi connectivity index (χ3n) is 4.91. The second-order valence-electron chi connectivity index (χ2n) is 7.19. The fourth-order valence-corrected chi connectivity index (χ4v) is 3.55. The van der Waals surface area contributed by atoms with Crippen LogP contribution in [0.4, 0.5) is 4.79 Å². The zero-order chi connectivity index (χ0) is 20.9. The summed E-state index contributed by atoms with van der Waals surface area (Å²) in [6.07, 6.45) is 0.645. The number of amides is 1. The Morgan fingerprint density at radius 2 is 2.00 bits per heavy atom. The van der Waals surface area contributed by atoms with E-state index in [2.05, 4.69) is 15.4 Å². The van der Waals surface area contributed by atoms with Gasteiger partial charge < -0.3 is 14.8 Å². The van der Waals surface area contributed by atoms with E-state index in [9.17, 15) is 9.59 Å². The molecule has 8 heteroatoms. The van der Waals surface area contributed by atoms with Gasteiger partial charge in [0.05, 0.1) is 17.6 Å². The predicted octanol–water partition coefficient (Wildman–Crippen LogP) is 3.69. The lowest BCUT2D eigenvalue weighted by Gasteiger charge is -2.16. The first-order chi connectivity index (χ1) is 13.7. The summed E-state index contributed by atoms with van der Waals surface area (Å²) in [7, 11) is 1.81. The first-order valence-electron chi connectivity index (χ1n) is 9.13. The van der Waals surface area contributed by atoms with Crippen LogP contribution in [-0.2, 0) is 7.05 Å². The number of fused-ring (bicyclic) bond motifs is 2. The van der Waals surface area contributed by atoms with Crippen molar-refractivity contribution >= 4 is 28.1 Å². The van der Waals surface area contributed by atoms with Gasteiger partial charge in [0.15, 0.2) is 11.2 Å². The Labute approximate surface area is 165 Å². The monoisotopic (exact) mass is 392 g/mol. The van der Waals surface area contributed by atoms with Crippen molar-refractivity contribution in [2.75, 3.05) is 0 Å². The standard InChI is InChI=1S/C21H20N4O4/c1-10-7-13(12(3)22-21(27)28)20-14(8-10)18(26)11(2)19(29-20)16-6-5-15-17(23-16)9-25(4)24-15/h5-9,12,22H,1-4H3,(H,27,28)/t12-/m1/s1. The van der Waals surface area contributed by atoms with E-state index in [4.69, 9.17) is 9.52 Å². The molecule has 0 fully saturated rings. The minimum Gasteiger partial charge on any atom is -0.465 e. The second kappa shape index (κ2) is 6.73. The van der Waals surface area contributed by atoms with Gasteiger partial charge in [0.25, 0.3) is 0 Å². The number of nitrogens with zero attached hydrogens (tertiary/aromatic N) is 3. The maximum absolute atomic E-state index is 13.1. The summed E-state index contributed by atoms with van der Waals surface area (Å²) in [4.78, 5) is 28.8. The van der Waals surface area contributed by atoms with E-state index >= 15 is 0 Å². The number of aryl methyl sites for hydroxylation is 2. The Kier molecular flexibility index (Phi) is 4.34. The molecule has 1 aromatic carbocycles. The average Bonchev–Trinajstić information content (AvgIpc) is 3.03. The molecule has 4 aromatic rings. The summed E-state index contributed by atoms with van der Waals surface area (Å²) in [5.74, 6) is 0.362. The lowest BCUT2D eigenvalue weighted by atomic mass is 9.99. The highest BCUT2D eigenvalue weighted by atomic mass is 16.4. The molecule has 0 aliphatic rings. The number of rotatable bonds is 3. The van der Waals surface area contributed by atoms with Crippen molar-refractivity contribution in [3.05, 3.63) is 57.4 Å². The third kappa shape index (κ3) is 3.22. The van der Waals surface area contributed by atoms with Crippen LogP contribution in [0, 0.1) is 13.8 Å². The Balaban J connectivity index is 1.99. The van der Waals surface area contributed by atoms with Gasteiger partial charge in [0.2, 0.25) is 0 Å². The number of benzene rings is 1. The van der Waals surface area contributed by atoms with Gasteiger partial charge in [-0.15, -0.1) is 0 Å². The fraction of sp³-hybridized carbons (Fsp3) is 0.238. The number of nitrogens with one attached hydrogen (secondary N) is 1. The Bertz CT molecular complexity index is 1340. The minimum atomic E-state index is -1.15. The van der Waals surface area contributed by atoms with E-state index in [1.165, 1.54) is 0 Å². The summed E-state index contributed by atoms with van der Waals surface area (Å²) in [5, 5.41) is 16.3. The number of carbonyl (C=O) groups is 1. The average molecular weight is 392 g/mol. The van der Waals surface area contributed by atoms with Gasteiger partial charge in [-0.25, -0.2) is 9.78 Å². The maximum atomic E-state index is 13.1. The van der Waals surface area contributed by atoms with Crippen LogP contribution < -0.4 is 10.7 Å². The highest BCUT2D eigenvalue weighted by molar-refractivity contribution is 5.85. The van der Waals surface area contributed by atoms with E-state index in [1.807, 2.05) is 26.1 Å². The van der Waals surface area contributed by atoms with Crippen molar-refractivity contribution in [3.8, 4) is 11.5 Å². The summed E-state index contributed by atoms with van der Waals surface area (Å²) >= 11 is 0. The first-order valence-corrected chi connectivity index (χ1v) is 9.13. The van der Waals surface area contributed by atoms with Crippen LogP contribution in [0.3, 0.4) is 0 Å². The third-order valence-corrected chi connectivity index (χ3v) is 4.91. The predicted molar refractivity (Wildman–Crippen MR) is 109 cm³/mol. The van der Waals surface area contributed by atoms with Crippen LogP contribution in [0.15, 0.2) is 39.7 Å². The highest BCUT2D eigenvalue weighted by Crippen LogP contribution is 2.30. The molecule has 0 spiro atoms. The Morgan fingerprint density at radius 1 is 1.24 bits per heavy atom. The summed E-state index contributed by atoms with van der Waals surface area (Å²) in [6, 6.07) is 6.61. The van der Waals surface area contributed by atoms with E-state index in [1.54, 1.807) is 36.9 Å². The van der Waals surface area contributed by atoms with Gasteiger partial charge in [-0.05, 0) is 44.5 Å². The van der Waals surface area contributed by atoms with Gasteiger partial charge in [0.1, 0.15) is 22.3 Å². The molecule has 2 N–H and O–H groups in total. The van der Waals surface area contributed by atoms with Crippen molar-refractivity contribution < 1.29 is 14.3 Å². The summed E-state index contributed by atoms with van der Waals surface area (Å²) < 4.78 is 7.85. The van der Waals surface area contributed by atoms with E-state index in [0.29, 0.717) is 39.1 Å².